The van der Waals surface area contributed by atoms with Crippen molar-refractivity contribution in [3.63, 3.8) is 0 Å². The molecule has 1 aliphatic rings. The van der Waals surface area contributed by atoms with Crippen molar-refractivity contribution in [1.29, 1.82) is 0 Å². The van der Waals surface area contributed by atoms with E-state index in [9.17, 15) is 0 Å². The van der Waals surface area contributed by atoms with Gasteiger partial charge < -0.3 is 0 Å². The predicted molar refractivity (Wildman–Crippen MR) is 77.9 cm³/mol. The van der Waals surface area contributed by atoms with Gasteiger partial charge in [0.05, 0.1) is 5.69 Å². The van der Waals surface area contributed by atoms with Crippen LogP contribution in [0.3, 0.4) is 0 Å². The number of nitrogens with zero attached hydrogens (tertiary/aromatic N) is 2. The molecular formula is C17H20N2. The average Bonchev–Trinajstić information content (AvgIpc) is 2.47. The smallest absolute Gasteiger partial charge is 0.0579 e. The molecule has 0 N–H and O–H groups in total. The molecule has 0 saturated heterocycles. The average molecular weight is 252 g/mol. The Morgan fingerprint density at radius 1 is 1.11 bits per heavy atom. The summed E-state index contributed by atoms with van der Waals surface area (Å²) in [4.78, 5) is 7.27. The lowest BCUT2D eigenvalue weighted by Crippen LogP contribution is -2.30. The van der Waals surface area contributed by atoms with Crippen LogP contribution in [0, 0.1) is 0 Å². The van der Waals surface area contributed by atoms with Crippen LogP contribution in [0.5, 0.6) is 0 Å². The van der Waals surface area contributed by atoms with Crippen LogP contribution in [-0.4, -0.2) is 16.4 Å². The molecule has 0 aliphatic carbocycles. The molecule has 2 heterocycles. The summed E-state index contributed by atoms with van der Waals surface area (Å²) < 4.78 is 0. The normalized spacial score (nSPS) is 15.2. The first-order valence-corrected chi connectivity index (χ1v) is 7.09. The van der Waals surface area contributed by atoms with Gasteiger partial charge in [-0.25, -0.2) is 0 Å². The molecule has 0 bridgehead atoms. The molecule has 2 nitrogen and oxygen atoms in total. The summed E-state index contributed by atoms with van der Waals surface area (Å²) in [6, 6.07) is 15.1. The molecule has 0 radical (unpaired) electrons. The van der Waals surface area contributed by atoms with Crippen LogP contribution in [0.4, 0.5) is 0 Å². The molecular weight excluding hydrogens is 232 g/mol. The molecule has 1 aromatic heterocycles. The van der Waals surface area contributed by atoms with Crippen molar-refractivity contribution in [1.82, 2.24) is 9.88 Å². The van der Waals surface area contributed by atoms with Crippen molar-refractivity contribution in [3.8, 4) is 0 Å². The molecule has 0 fully saturated rings. The highest BCUT2D eigenvalue weighted by molar-refractivity contribution is 5.26. The summed E-state index contributed by atoms with van der Waals surface area (Å²) in [7, 11) is 0. The van der Waals surface area contributed by atoms with Gasteiger partial charge in [-0.3, -0.25) is 9.88 Å². The van der Waals surface area contributed by atoms with Crippen molar-refractivity contribution in [2.75, 3.05) is 6.54 Å². The third-order valence-electron chi connectivity index (χ3n) is 3.81. The minimum Gasteiger partial charge on any atom is -0.293 e. The number of hydrogen-bond acceptors (Lipinski definition) is 2. The summed E-state index contributed by atoms with van der Waals surface area (Å²) >= 11 is 0. The van der Waals surface area contributed by atoms with E-state index in [-0.39, 0.29) is 0 Å². The Labute approximate surface area is 115 Å². The summed E-state index contributed by atoms with van der Waals surface area (Å²) in [5, 5.41) is 0. The molecule has 0 atom stereocenters. The Balaban J connectivity index is 1.74. The molecule has 0 spiro atoms. The van der Waals surface area contributed by atoms with E-state index in [1.807, 2.05) is 0 Å². The largest absolute Gasteiger partial charge is 0.293 e. The van der Waals surface area contributed by atoms with Gasteiger partial charge >= 0.3 is 0 Å². The minimum atomic E-state index is 0.984. The summed E-state index contributed by atoms with van der Waals surface area (Å²) in [5.74, 6) is 0. The van der Waals surface area contributed by atoms with E-state index in [0.717, 1.165) is 32.5 Å². The van der Waals surface area contributed by atoms with Gasteiger partial charge in [-0.05, 0) is 30.0 Å². The summed E-state index contributed by atoms with van der Waals surface area (Å²) in [6.45, 7) is 5.31. The van der Waals surface area contributed by atoms with E-state index in [2.05, 4.69) is 54.3 Å². The number of fused-ring (bicyclic) bond motifs is 1. The van der Waals surface area contributed by atoms with Crippen LogP contribution in [0.15, 0.2) is 42.5 Å². The number of pyridine rings is 1. The first-order valence-electron chi connectivity index (χ1n) is 7.09. The standard InChI is InChI=1S/C17H20N2/c1-2-16-9-8-15-10-11-19(13-17(15)18-16)12-14-6-4-3-5-7-14/h3-9H,2,10-13H2,1H3. The van der Waals surface area contributed by atoms with Gasteiger partial charge in [-0.2, -0.15) is 0 Å². The van der Waals surface area contributed by atoms with Crippen molar-refractivity contribution in [2.45, 2.75) is 32.9 Å². The monoisotopic (exact) mass is 252 g/mol. The number of benzene rings is 1. The number of aromatic nitrogens is 1. The zero-order valence-electron chi connectivity index (χ0n) is 11.5. The van der Waals surface area contributed by atoms with E-state index in [1.54, 1.807) is 0 Å². The van der Waals surface area contributed by atoms with Gasteiger partial charge in [0.1, 0.15) is 0 Å². The SMILES string of the molecule is CCc1ccc2c(n1)CN(Cc1ccccc1)CC2. The lowest BCUT2D eigenvalue weighted by Gasteiger charge is -2.28. The summed E-state index contributed by atoms with van der Waals surface area (Å²) in [6.07, 6.45) is 2.14. The van der Waals surface area contributed by atoms with E-state index < -0.39 is 0 Å². The van der Waals surface area contributed by atoms with Crippen LogP contribution in [0.1, 0.15) is 29.4 Å². The van der Waals surface area contributed by atoms with Crippen molar-refractivity contribution >= 4 is 0 Å². The third-order valence-corrected chi connectivity index (χ3v) is 3.81. The van der Waals surface area contributed by atoms with Crippen molar-refractivity contribution < 1.29 is 0 Å². The van der Waals surface area contributed by atoms with Gasteiger partial charge in [0.15, 0.2) is 0 Å². The lowest BCUT2D eigenvalue weighted by atomic mass is 10.0. The topological polar surface area (TPSA) is 16.1 Å². The fourth-order valence-electron chi connectivity index (χ4n) is 2.68. The van der Waals surface area contributed by atoms with Gasteiger partial charge in [0.25, 0.3) is 0 Å². The van der Waals surface area contributed by atoms with Crippen LogP contribution < -0.4 is 0 Å². The molecule has 3 rings (SSSR count). The highest BCUT2D eigenvalue weighted by Gasteiger charge is 2.17. The molecule has 98 valence electrons. The van der Waals surface area contributed by atoms with Crippen LogP contribution in [0.25, 0.3) is 0 Å². The Morgan fingerprint density at radius 3 is 2.74 bits per heavy atom. The minimum absolute atomic E-state index is 0.984. The Bertz CT molecular complexity index is 548. The second-order valence-electron chi connectivity index (χ2n) is 5.21. The van der Waals surface area contributed by atoms with Crippen molar-refractivity contribution in [3.05, 3.63) is 65.0 Å². The van der Waals surface area contributed by atoms with Gasteiger partial charge in [0, 0.05) is 25.3 Å². The van der Waals surface area contributed by atoms with Gasteiger partial charge in [-0.1, -0.05) is 43.3 Å². The number of aryl methyl sites for hydroxylation is 1. The highest BCUT2D eigenvalue weighted by atomic mass is 15.1. The lowest BCUT2D eigenvalue weighted by molar-refractivity contribution is 0.241. The predicted octanol–water partition coefficient (Wildman–Crippen LogP) is 3.20. The van der Waals surface area contributed by atoms with Gasteiger partial charge in [-0.15, -0.1) is 0 Å². The zero-order chi connectivity index (χ0) is 13.1. The van der Waals surface area contributed by atoms with E-state index >= 15 is 0 Å². The Hall–Kier alpha value is -1.67. The first-order chi connectivity index (χ1) is 9.35. The maximum atomic E-state index is 4.78. The third kappa shape index (κ3) is 2.85. The maximum absolute atomic E-state index is 4.78. The van der Waals surface area contributed by atoms with Crippen LogP contribution >= 0.6 is 0 Å². The molecule has 2 heteroatoms. The highest BCUT2D eigenvalue weighted by Crippen LogP contribution is 2.19. The zero-order valence-corrected chi connectivity index (χ0v) is 11.5. The Kier molecular flexibility index (Phi) is 3.60. The second kappa shape index (κ2) is 5.54. The first kappa shape index (κ1) is 12.4. The fraction of sp³-hybridized carbons (Fsp3) is 0.353. The molecule has 19 heavy (non-hydrogen) atoms. The molecule has 1 aliphatic heterocycles. The number of hydrogen-bond donors (Lipinski definition) is 0. The molecule has 0 saturated carbocycles. The molecule has 0 unspecified atom stereocenters. The van der Waals surface area contributed by atoms with E-state index in [0.29, 0.717) is 0 Å². The fourth-order valence-corrected chi connectivity index (χ4v) is 2.68. The Morgan fingerprint density at radius 2 is 1.95 bits per heavy atom. The molecule has 2 aromatic rings. The molecule has 0 amide bonds. The van der Waals surface area contributed by atoms with Crippen LogP contribution in [-0.2, 0) is 25.9 Å². The quantitative estimate of drug-likeness (QED) is 0.834. The number of rotatable bonds is 3. The van der Waals surface area contributed by atoms with Crippen LogP contribution in [0.2, 0.25) is 0 Å². The molecule has 1 aromatic carbocycles. The van der Waals surface area contributed by atoms with Gasteiger partial charge in [0.2, 0.25) is 0 Å². The second-order valence-corrected chi connectivity index (χ2v) is 5.21. The summed E-state index contributed by atoms with van der Waals surface area (Å²) in [5.41, 5.74) is 5.31. The van der Waals surface area contributed by atoms with E-state index in [4.69, 9.17) is 4.98 Å². The van der Waals surface area contributed by atoms with Crippen molar-refractivity contribution in [2.24, 2.45) is 0 Å². The maximum Gasteiger partial charge on any atom is 0.0579 e. The van der Waals surface area contributed by atoms with E-state index in [1.165, 1.54) is 22.5 Å².